The van der Waals surface area contributed by atoms with E-state index >= 15 is 0 Å². The molecule has 3 aromatic carbocycles. The van der Waals surface area contributed by atoms with E-state index in [1.165, 1.54) is 0 Å². The molecular formula is C32H40N2O4S. The highest BCUT2D eigenvalue weighted by atomic mass is 32.2. The van der Waals surface area contributed by atoms with E-state index in [2.05, 4.69) is 31.3 Å². The maximum absolute atomic E-state index is 14.9. The fourth-order valence-electron chi connectivity index (χ4n) is 4.76. The fraction of sp³-hybridized carbons (Fsp3) is 0.375. The Bertz CT molecular complexity index is 1170. The Labute approximate surface area is 237 Å². The van der Waals surface area contributed by atoms with Gasteiger partial charge in [-0.15, -0.1) is 11.8 Å². The Hall–Kier alpha value is -3.29. The number of anilines is 1. The number of ether oxygens (including phenoxy) is 2. The molecular weight excluding hydrogens is 508 g/mol. The van der Waals surface area contributed by atoms with Gasteiger partial charge in [-0.2, -0.15) is 0 Å². The second kappa shape index (κ2) is 14.8. The lowest BCUT2D eigenvalue weighted by Crippen LogP contribution is -2.58. The molecule has 0 spiro atoms. The largest absolute Gasteiger partial charge is 0.497 e. The van der Waals surface area contributed by atoms with Crippen molar-refractivity contribution in [2.45, 2.75) is 43.2 Å². The normalized spacial score (nSPS) is 13.4. The van der Waals surface area contributed by atoms with Crippen molar-refractivity contribution < 1.29 is 19.1 Å². The van der Waals surface area contributed by atoms with Crippen LogP contribution >= 0.6 is 11.8 Å². The molecule has 0 saturated heterocycles. The summed E-state index contributed by atoms with van der Waals surface area (Å²) in [5.41, 5.74) is 2.73. The number of methoxy groups -OCH3 is 2. The Morgan fingerprint density at radius 2 is 1.51 bits per heavy atom. The molecule has 39 heavy (non-hydrogen) atoms. The van der Waals surface area contributed by atoms with Crippen LogP contribution in [0.3, 0.4) is 0 Å². The zero-order valence-electron chi connectivity index (χ0n) is 23.6. The van der Waals surface area contributed by atoms with E-state index in [0.717, 1.165) is 16.9 Å². The maximum atomic E-state index is 14.9. The Kier molecular flexibility index (Phi) is 11.4. The molecule has 3 aromatic rings. The van der Waals surface area contributed by atoms with Crippen LogP contribution in [0.25, 0.3) is 0 Å². The average molecular weight is 549 g/mol. The summed E-state index contributed by atoms with van der Waals surface area (Å²) in [6.07, 6.45) is 0.946. The molecule has 1 unspecified atom stereocenters. The second-order valence-corrected chi connectivity index (χ2v) is 11.4. The highest BCUT2D eigenvalue weighted by Gasteiger charge is 2.46. The maximum Gasteiger partial charge on any atom is 0.246 e. The lowest BCUT2D eigenvalue weighted by molar-refractivity contribution is -0.128. The summed E-state index contributed by atoms with van der Waals surface area (Å²) in [5, 5.41) is 2.80. The van der Waals surface area contributed by atoms with Gasteiger partial charge < -0.3 is 14.8 Å². The Morgan fingerprint density at radius 1 is 0.897 bits per heavy atom. The van der Waals surface area contributed by atoms with E-state index in [4.69, 9.17) is 9.47 Å². The number of rotatable bonds is 14. The van der Waals surface area contributed by atoms with Crippen molar-refractivity contribution in [1.82, 2.24) is 5.32 Å². The van der Waals surface area contributed by atoms with Gasteiger partial charge in [0.2, 0.25) is 11.8 Å². The van der Waals surface area contributed by atoms with Crippen molar-refractivity contribution in [3.63, 3.8) is 0 Å². The van der Waals surface area contributed by atoms with Crippen LogP contribution in [-0.2, 0) is 26.5 Å². The molecule has 0 fully saturated rings. The highest BCUT2D eigenvalue weighted by Crippen LogP contribution is 2.39. The van der Waals surface area contributed by atoms with Gasteiger partial charge in [-0.3, -0.25) is 14.5 Å². The molecule has 0 radical (unpaired) electrons. The number of likely N-dealkylation sites (N-methyl/N-ethyl adjacent to an activating group) is 1. The van der Waals surface area contributed by atoms with Crippen molar-refractivity contribution >= 4 is 29.3 Å². The number of benzene rings is 3. The summed E-state index contributed by atoms with van der Waals surface area (Å²) in [5.74, 6) is 1.25. The van der Waals surface area contributed by atoms with Crippen LogP contribution in [-0.4, -0.2) is 50.5 Å². The van der Waals surface area contributed by atoms with Gasteiger partial charge in [-0.05, 0) is 47.7 Å². The molecule has 0 aromatic heterocycles. The molecule has 208 valence electrons. The molecule has 0 bridgehead atoms. The molecule has 0 aliphatic carbocycles. The van der Waals surface area contributed by atoms with Crippen molar-refractivity contribution in [3.05, 3.63) is 96.1 Å². The molecule has 1 N–H and O–H groups in total. The molecule has 7 heteroatoms. The highest BCUT2D eigenvalue weighted by molar-refractivity contribution is 8.00. The van der Waals surface area contributed by atoms with E-state index in [1.807, 2.05) is 72.8 Å². The number of hydrogen-bond donors (Lipinski definition) is 1. The first-order valence-electron chi connectivity index (χ1n) is 13.2. The number of thioether (sulfide) groups is 1. The number of carbonyl (C=O) groups is 2. The minimum atomic E-state index is -0.902. The number of carbonyl (C=O) groups excluding carboxylic acids is 2. The van der Waals surface area contributed by atoms with Gasteiger partial charge in [0.15, 0.2) is 0 Å². The number of amides is 2. The van der Waals surface area contributed by atoms with Gasteiger partial charge in [-0.25, -0.2) is 0 Å². The minimum absolute atomic E-state index is 0.132. The van der Waals surface area contributed by atoms with Gasteiger partial charge >= 0.3 is 0 Å². The fourth-order valence-corrected chi connectivity index (χ4v) is 6.27. The van der Waals surface area contributed by atoms with E-state index in [9.17, 15) is 9.59 Å². The lowest BCUT2D eigenvalue weighted by atomic mass is 9.93. The molecule has 2 amide bonds. The third kappa shape index (κ3) is 8.10. The zero-order valence-corrected chi connectivity index (χ0v) is 24.4. The van der Waals surface area contributed by atoms with Crippen LogP contribution in [0.1, 0.15) is 31.4 Å². The van der Waals surface area contributed by atoms with E-state index in [-0.39, 0.29) is 24.3 Å². The summed E-state index contributed by atoms with van der Waals surface area (Å²) in [6.45, 7) is 4.45. The minimum Gasteiger partial charge on any atom is -0.497 e. The predicted octanol–water partition coefficient (Wildman–Crippen LogP) is 5.75. The monoisotopic (exact) mass is 548 g/mol. The van der Waals surface area contributed by atoms with Crippen LogP contribution < -0.4 is 15.0 Å². The van der Waals surface area contributed by atoms with Crippen LogP contribution in [0.5, 0.6) is 5.75 Å². The van der Waals surface area contributed by atoms with Gasteiger partial charge in [-0.1, -0.05) is 74.5 Å². The number of hydrogen-bond acceptors (Lipinski definition) is 5. The third-order valence-electron chi connectivity index (χ3n) is 6.57. The molecule has 0 saturated carbocycles. The second-order valence-electron chi connectivity index (χ2n) is 9.99. The SMILES string of the molecule is CNC(=O)[C@H](Cc1ccc(OC)cc1)N(C(=O)C(COC)(CC(C)C)SCc1ccccc1)c1ccccc1. The summed E-state index contributed by atoms with van der Waals surface area (Å²) in [6, 6.07) is 26.4. The molecule has 6 nitrogen and oxygen atoms in total. The average Bonchev–Trinajstić information content (AvgIpc) is 2.96. The third-order valence-corrected chi connectivity index (χ3v) is 8.05. The summed E-state index contributed by atoms with van der Waals surface area (Å²) >= 11 is 1.59. The van der Waals surface area contributed by atoms with E-state index < -0.39 is 10.8 Å². The van der Waals surface area contributed by atoms with Crippen molar-refractivity contribution in [2.75, 3.05) is 32.8 Å². The number of nitrogens with zero attached hydrogens (tertiary/aromatic N) is 1. The first kappa shape index (κ1) is 30.3. The van der Waals surface area contributed by atoms with Crippen LogP contribution in [0.15, 0.2) is 84.9 Å². The topological polar surface area (TPSA) is 67.9 Å². The Balaban J connectivity index is 2.10. The standard InChI is InChI=1S/C32H40N2O4S/c1-24(2)21-32(23-37-4,39-22-26-12-8-6-9-13-26)31(36)34(27-14-10-7-11-15-27)29(30(35)33-3)20-25-16-18-28(38-5)19-17-25/h6-19,24,29H,20-23H2,1-5H3,(H,33,35)/t29-,32?/m0/s1. The molecule has 2 atom stereocenters. The Morgan fingerprint density at radius 3 is 2.05 bits per heavy atom. The predicted molar refractivity (Wildman–Crippen MR) is 160 cm³/mol. The zero-order chi connectivity index (χ0) is 28.3. The van der Waals surface area contributed by atoms with Gasteiger partial charge in [0.1, 0.15) is 16.5 Å². The first-order valence-corrected chi connectivity index (χ1v) is 14.2. The van der Waals surface area contributed by atoms with Crippen molar-refractivity contribution in [1.29, 1.82) is 0 Å². The quantitative estimate of drug-likeness (QED) is 0.278. The molecule has 0 aliphatic heterocycles. The van der Waals surface area contributed by atoms with Crippen LogP contribution in [0.2, 0.25) is 0 Å². The number of para-hydroxylation sites is 1. The molecule has 0 heterocycles. The number of nitrogens with one attached hydrogen (secondary N) is 1. The van der Waals surface area contributed by atoms with Gasteiger partial charge in [0.25, 0.3) is 0 Å². The lowest BCUT2D eigenvalue weighted by Gasteiger charge is -2.40. The smallest absolute Gasteiger partial charge is 0.246 e. The van der Waals surface area contributed by atoms with E-state index in [0.29, 0.717) is 24.3 Å². The summed E-state index contributed by atoms with van der Waals surface area (Å²) in [7, 11) is 4.86. The summed E-state index contributed by atoms with van der Waals surface area (Å²) in [4.78, 5) is 30.1. The first-order chi connectivity index (χ1) is 18.8. The molecule has 3 rings (SSSR count). The van der Waals surface area contributed by atoms with Gasteiger partial charge in [0.05, 0.1) is 13.7 Å². The van der Waals surface area contributed by atoms with E-state index in [1.54, 1.807) is 37.9 Å². The van der Waals surface area contributed by atoms with Crippen molar-refractivity contribution in [2.24, 2.45) is 5.92 Å². The van der Waals surface area contributed by atoms with Crippen LogP contribution in [0.4, 0.5) is 5.69 Å². The van der Waals surface area contributed by atoms with Crippen molar-refractivity contribution in [3.8, 4) is 5.75 Å². The van der Waals surface area contributed by atoms with Crippen LogP contribution in [0, 0.1) is 5.92 Å². The van der Waals surface area contributed by atoms with Gasteiger partial charge in [0, 0.05) is 32.0 Å². The summed E-state index contributed by atoms with van der Waals surface area (Å²) < 4.78 is 10.1. The molecule has 0 aliphatic rings.